The minimum absolute atomic E-state index is 0. The van der Waals surface area contributed by atoms with Crippen molar-refractivity contribution in [3.05, 3.63) is 0 Å². The predicted octanol–water partition coefficient (Wildman–Crippen LogP) is 1.36. The first-order valence-electron chi connectivity index (χ1n) is 10.7. The van der Waals surface area contributed by atoms with Crippen molar-refractivity contribution in [2.75, 3.05) is 65.6 Å². The van der Waals surface area contributed by atoms with Crippen LogP contribution in [0.1, 0.15) is 40.5 Å². The first-order chi connectivity index (χ1) is 12.9. The topological polar surface area (TPSA) is 72.4 Å². The van der Waals surface area contributed by atoms with E-state index in [1.54, 1.807) is 0 Å². The molecular weight excluding hydrogens is 469 g/mol. The zero-order valence-corrected chi connectivity index (χ0v) is 20.6. The third-order valence-electron chi connectivity index (χ3n) is 5.45. The monoisotopic (exact) mass is 511 g/mol. The molecule has 28 heavy (non-hydrogen) atoms. The Balaban J connectivity index is 0.00000392. The van der Waals surface area contributed by atoms with E-state index in [1.165, 1.54) is 25.9 Å². The van der Waals surface area contributed by atoms with Crippen molar-refractivity contribution in [2.24, 2.45) is 10.9 Å². The Hall–Kier alpha value is -0.160. The number of aliphatic imine (C=N–C) groups is 1. The Morgan fingerprint density at radius 1 is 1.14 bits per heavy atom. The third-order valence-corrected chi connectivity index (χ3v) is 5.45. The highest BCUT2D eigenvalue weighted by molar-refractivity contribution is 14.0. The summed E-state index contributed by atoms with van der Waals surface area (Å²) in [5, 5.41) is 17.6. The van der Waals surface area contributed by atoms with E-state index < -0.39 is 5.60 Å². The highest BCUT2D eigenvalue weighted by Gasteiger charge is 2.26. The van der Waals surface area contributed by atoms with Crippen LogP contribution in [0.3, 0.4) is 0 Å². The molecule has 2 aliphatic rings. The number of guanidine groups is 1. The molecule has 0 amide bonds. The Morgan fingerprint density at radius 3 is 2.36 bits per heavy atom. The summed E-state index contributed by atoms with van der Waals surface area (Å²) < 4.78 is 5.39. The Morgan fingerprint density at radius 2 is 1.79 bits per heavy atom. The first kappa shape index (κ1) is 25.9. The number of hydrogen-bond acceptors (Lipinski definition) is 5. The number of β-amino-alcohol motifs (C(OH)–C–C–N with tert-alkyl or cyclic N) is 1. The predicted molar refractivity (Wildman–Crippen MR) is 127 cm³/mol. The summed E-state index contributed by atoms with van der Waals surface area (Å²) in [6.07, 6.45) is 2.61. The number of halogens is 1. The molecule has 0 saturated carbocycles. The van der Waals surface area contributed by atoms with Gasteiger partial charge in [0.15, 0.2) is 5.96 Å². The second-order valence-corrected chi connectivity index (χ2v) is 8.52. The van der Waals surface area contributed by atoms with Gasteiger partial charge in [-0.2, -0.15) is 0 Å². The smallest absolute Gasteiger partial charge is 0.191 e. The Bertz CT molecular complexity index is 450. The van der Waals surface area contributed by atoms with Gasteiger partial charge in [-0.3, -0.25) is 14.8 Å². The van der Waals surface area contributed by atoms with Crippen LogP contribution in [0.4, 0.5) is 0 Å². The first-order valence-corrected chi connectivity index (χ1v) is 10.7. The van der Waals surface area contributed by atoms with Crippen molar-refractivity contribution in [1.82, 2.24) is 20.4 Å². The molecule has 3 N–H and O–H groups in total. The zero-order valence-electron chi connectivity index (χ0n) is 18.2. The summed E-state index contributed by atoms with van der Waals surface area (Å²) in [5.41, 5.74) is -0.841. The van der Waals surface area contributed by atoms with Crippen LogP contribution in [0.25, 0.3) is 0 Å². The van der Waals surface area contributed by atoms with Gasteiger partial charge in [0.2, 0.25) is 0 Å². The molecule has 166 valence electrons. The normalized spacial score (nSPS) is 22.6. The molecule has 2 unspecified atom stereocenters. The summed E-state index contributed by atoms with van der Waals surface area (Å²) in [5.74, 6) is 1.40. The lowest BCUT2D eigenvalue weighted by molar-refractivity contribution is -0.0180. The molecule has 2 fully saturated rings. The number of ether oxygens (including phenoxy) is 1. The summed E-state index contributed by atoms with van der Waals surface area (Å²) in [4.78, 5) is 9.52. The molecule has 2 rings (SSSR count). The van der Waals surface area contributed by atoms with E-state index in [0.717, 1.165) is 45.4 Å². The largest absolute Gasteiger partial charge is 0.387 e. The van der Waals surface area contributed by atoms with Crippen LogP contribution in [0.15, 0.2) is 4.99 Å². The second kappa shape index (κ2) is 13.2. The number of nitrogens with zero attached hydrogens (tertiary/aromatic N) is 3. The molecule has 0 bridgehead atoms. The van der Waals surface area contributed by atoms with Gasteiger partial charge in [-0.25, -0.2) is 0 Å². The van der Waals surface area contributed by atoms with E-state index in [1.807, 2.05) is 6.92 Å². The molecule has 7 nitrogen and oxygen atoms in total. The molecule has 8 heteroatoms. The van der Waals surface area contributed by atoms with E-state index in [2.05, 4.69) is 46.2 Å². The molecule has 0 aromatic heterocycles. The van der Waals surface area contributed by atoms with Crippen LogP contribution in [-0.2, 0) is 4.74 Å². The lowest BCUT2D eigenvalue weighted by Gasteiger charge is -2.33. The van der Waals surface area contributed by atoms with Crippen molar-refractivity contribution < 1.29 is 9.84 Å². The van der Waals surface area contributed by atoms with Crippen LogP contribution < -0.4 is 10.6 Å². The molecule has 0 aliphatic carbocycles. The number of aliphatic hydroxyl groups is 1. The van der Waals surface area contributed by atoms with Crippen LogP contribution in [0, 0.1) is 5.92 Å². The SMILES string of the molecule is CCNC(=NCC(C)(O)CN1CCOCC1)NCC(C(C)C)N1CCCC1.I. The van der Waals surface area contributed by atoms with Gasteiger partial charge >= 0.3 is 0 Å². The Labute approximate surface area is 188 Å². The molecule has 2 atom stereocenters. The summed E-state index contributed by atoms with van der Waals surface area (Å²) in [6.45, 7) is 16.9. The van der Waals surface area contributed by atoms with E-state index in [9.17, 15) is 5.11 Å². The average Bonchev–Trinajstić information content (AvgIpc) is 3.14. The molecule has 2 heterocycles. The molecular formula is C20H42IN5O2. The fourth-order valence-corrected chi connectivity index (χ4v) is 3.94. The van der Waals surface area contributed by atoms with Gasteiger partial charge in [0.05, 0.1) is 25.4 Å². The van der Waals surface area contributed by atoms with Gasteiger partial charge in [-0.15, -0.1) is 24.0 Å². The molecule has 0 radical (unpaired) electrons. The Kier molecular flexibility index (Phi) is 12.2. The molecule has 0 spiro atoms. The van der Waals surface area contributed by atoms with Crippen molar-refractivity contribution in [1.29, 1.82) is 0 Å². The van der Waals surface area contributed by atoms with Crippen molar-refractivity contribution in [3.8, 4) is 0 Å². The highest BCUT2D eigenvalue weighted by atomic mass is 127. The molecule has 2 saturated heterocycles. The molecule has 0 aromatic carbocycles. The number of likely N-dealkylation sites (tertiary alicyclic amines) is 1. The average molecular weight is 511 g/mol. The van der Waals surface area contributed by atoms with Gasteiger partial charge in [0.25, 0.3) is 0 Å². The summed E-state index contributed by atoms with van der Waals surface area (Å²) in [6, 6.07) is 0.519. The van der Waals surface area contributed by atoms with Crippen LogP contribution >= 0.6 is 24.0 Å². The zero-order chi connectivity index (χ0) is 19.7. The minimum Gasteiger partial charge on any atom is -0.387 e. The van der Waals surface area contributed by atoms with Gasteiger partial charge in [0.1, 0.15) is 0 Å². The fraction of sp³-hybridized carbons (Fsp3) is 0.950. The lowest BCUT2D eigenvalue weighted by atomic mass is 10.0. The highest BCUT2D eigenvalue weighted by Crippen LogP contribution is 2.17. The standard InChI is InChI=1S/C20H41N5O2.HI/c1-5-21-19(22-14-18(17(2)3)25-8-6-7-9-25)23-15-20(4,26)16-24-10-12-27-13-11-24;/h17-18,26H,5-16H2,1-4H3,(H2,21,22,23);1H. The van der Waals surface area contributed by atoms with Gasteiger partial charge in [-0.05, 0) is 45.7 Å². The maximum absolute atomic E-state index is 10.8. The third kappa shape index (κ3) is 9.11. The lowest BCUT2D eigenvalue weighted by Crippen LogP contribution is -2.50. The van der Waals surface area contributed by atoms with E-state index in [4.69, 9.17) is 4.74 Å². The van der Waals surface area contributed by atoms with Gasteiger partial charge in [0, 0.05) is 38.8 Å². The second-order valence-electron chi connectivity index (χ2n) is 8.52. The van der Waals surface area contributed by atoms with Crippen LogP contribution in [-0.4, -0.2) is 98.1 Å². The van der Waals surface area contributed by atoms with Crippen molar-refractivity contribution in [3.63, 3.8) is 0 Å². The summed E-state index contributed by atoms with van der Waals surface area (Å²) >= 11 is 0. The quantitative estimate of drug-likeness (QED) is 0.247. The van der Waals surface area contributed by atoms with Crippen molar-refractivity contribution in [2.45, 2.75) is 52.2 Å². The molecule has 2 aliphatic heterocycles. The number of morpholine rings is 1. The molecule has 0 aromatic rings. The summed E-state index contributed by atoms with van der Waals surface area (Å²) in [7, 11) is 0. The van der Waals surface area contributed by atoms with Crippen molar-refractivity contribution >= 4 is 29.9 Å². The number of hydrogen-bond donors (Lipinski definition) is 3. The van der Waals surface area contributed by atoms with Gasteiger partial charge < -0.3 is 20.5 Å². The number of nitrogens with one attached hydrogen (secondary N) is 2. The van der Waals surface area contributed by atoms with E-state index in [-0.39, 0.29) is 24.0 Å². The maximum Gasteiger partial charge on any atom is 0.191 e. The minimum atomic E-state index is -0.841. The van der Waals surface area contributed by atoms with E-state index >= 15 is 0 Å². The fourth-order valence-electron chi connectivity index (χ4n) is 3.94. The van der Waals surface area contributed by atoms with Gasteiger partial charge in [-0.1, -0.05) is 13.8 Å². The van der Waals surface area contributed by atoms with E-state index in [0.29, 0.717) is 25.0 Å². The number of rotatable bonds is 9. The van der Waals surface area contributed by atoms with Crippen LogP contribution in [0.2, 0.25) is 0 Å². The van der Waals surface area contributed by atoms with Crippen LogP contribution in [0.5, 0.6) is 0 Å². The maximum atomic E-state index is 10.8.